The number of aryl methyl sites for hydroxylation is 2. The Kier molecular flexibility index (Phi) is 4.05. The zero-order valence-electron chi connectivity index (χ0n) is 13.6. The highest BCUT2D eigenvalue weighted by atomic mass is 32.1. The minimum atomic E-state index is -0.405. The van der Waals surface area contributed by atoms with Crippen LogP contribution in [0.25, 0.3) is 6.08 Å². The van der Waals surface area contributed by atoms with Crippen LogP contribution in [0.1, 0.15) is 21.6 Å². The molecule has 0 saturated heterocycles. The number of hydrogen-bond acceptors (Lipinski definition) is 5. The van der Waals surface area contributed by atoms with E-state index in [4.69, 9.17) is 4.74 Å². The molecule has 118 valence electrons. The quantitative estimate of drug-likeness (QED) is 0.637. The average Bonchev–Trinajstić information content (AvgIpc) is 3.10. The summed E-state index contributed by atoms with van der Waals surface area (Å²) in [4.78, 5) is 19.4. The van der Waals surface area contributed by atoms with Gasteiger partial charge in [-0.2, -0.15) is 0 Å². The molecule has 2 heterocycles. The second kappa shape index (κ2) is 6.01. The number of esters is 1. The molecule has 0 saturated carbocycles. The number of anilines is 1. The van der Waals surface area contributed by atoms with Crippen LogP contribution in [0.5, 0.6) is 0 Å². The van der Waals surface area contributed by atoms with Crippen molar-refractivity contribution in [3.8, 4) is 0 Å². The maximum absolute atomic E-state index is 12.0. The zero-order valence-corrected chi connectivity index (χ0v) is 14.4. The molecule has 1 aromatic heterocycles. The van der Waals surface area contributed by atoms with Crippen molar-refractivity contribution in [2.75, 3.05) is 19.0 Å². The monoisotopic (exact) mass is 326 g/mol. The SMILES string of the molecule is Cc1ccc(C2=N/C(=C\c3ccc(N(C)C)s3)C(=O)O2)cc1C. The molecule has 0 bridgehead atoms. The second-order valence-corrected chi connectivity index (χ2v) is 6.80. The Hall–Kier alpha value is -2.40. The highest BCUT2D eigenvalue weighted by Gasteiger charge is 2.24. The molecule has 2 aromatic rings. The maximum Gasteiger partial charge on any atom is 0.363 e. The van der Waals surface area contributed by atoms with Crippen molar-refractivity contribution in [3.63, 3.8) is 0 Å². The smallest absolute Gasteiger partial charge is 0.363 e. The number of rotatable bonds is 3. The van der Waals surface area contributed by atoms with Gasteiger partial charge in [0.25, 0.3) is 0 Å². The van der Waals surface area contributed by atoms with E-state index in [1.54, 1.807) is 17.4 Å². The van der Waals surface area contributed by atoms with Crippen LogP contribution in [0.4, 0.5) is 5.00 Å². The Bertz CT molecular complexity index is 831. The minimum Gasteiger partial charge on any atom is -0.402 e. The molecule has 1 aliphatic rings. The van der Waals surface area contributed by atoms with Gasteiger partial charge in [0.05, 0.1) is 5.00 Å². The van der Waals surface area contributed by atoms with Crippen LogP contribution in [0.2, 0.25) is 0 Å². The second-order valence-electron chi connectivity index (χ2n) is 5.71. The molecule has 0 amide bonds. The van der Waals surface area contributed by atoms with E-state index in [1.807, 2.05) is 63.2 Å². The van der Waals surface area contributed by atoms with Gasteiger partial charge < -0.3 is 9.64 Å². The molecule has 0 fully saturated rings. The summed E-state index contributed by atoms with van der Waals surface area (Å²) in [6, 6.07) is 9.91. The fraction of sp³-hybridized carbons (Fsp3) is 0.222. The van der Waals surface area contributed by atoms with Gasteiger partial charge in [-0.25, -0.2) is 9.79 Å². The molecule has 23 heavy (non-hydrogen) atoms. The lowest BCUT2D eigenvalue weighted by Crippen LogP contribution is -2.05. The lowest BCUT2D eigenvalue weighted by atomic mass is 10.1. The summed E-state index contributed by atoms with van der Waals surface area (Å²) in [7, 11) is 3.98. The molecule has 0 radical (unpaired) electrons. The number of carbonyl (C=O) groups is 1. The standard InChI is InChI=1S/C18H18N2O2S/c1-11-5-6-13(9-12(11)2)17-19-15(18(21)22-17)10-14-7-8-16(23-14)20(3)4/h5-10H,1-4H3/b15-10-. The highest BCUT2D eigenvalue weighted by Crippen LogP contribution is 2.28. The van der Waals surface area contributed by atoms with E-state index in [0.29, 0.717) is 11.6 Å². The van der Waals surface area contributed by atoms with Gasteiger partial charge in [0, 0.05) is 24.5 Å². The number of hydrogen-bond donors (Lipinski definition) is 0. The molecule has 3 rings (SSSR count). The molecule has 0 atom stereocenters. The first-order chi connectivity index (χ1) is 10.9. The summed E-state index contributed by atoms with van der Waals surface area (Å²) >= 11 is 1.60. The summed E-state index contributed by atoms with van der Waals surface area (Å²) < 4.78 is 5.32. The van der Waals surface area contributed by atoms with Crippen molar-refractivity contribution in [1.82, 2.24) is 0 Å². The van der Waals surface area contributed by atoms with Gasteiger partial charge in [-0.1, -0.05) is 6.07 Å². The molecule has 1 aromatic carbocycles. The van der Waals surface area contributed by atoms with Crippen molar-refractivity contribution in [3.05, 3.63) is 57.6 Å². The predicted octanol–water partition coefficient (Wildman–Crippen LogP) is 3.78. The van der Waals surface area contributed by atoms with Crippen LogP contribution >= 0.6 is 11.3 Å². The fourth-order valence-corrected chi connectivity index (χ4v) is 3.07. The summed E-state index contributed by atoms with van der Waals surface area (Å²) in [5, 5.41) is 1.13. The van der Waals surface area contributed by atoms with Crippen molar-refractivity contribution in [2.45, 2.75) is 13.8 Å². The number of ether oxygens (including phenoxy) is 1. The van der Waals surface area contributed by atoms with Gasteiger partial charge in [-0.15, -0.1) is 11.3 Å². The normalized spacial score (nSPS) is 15.7. The van der Waals surface area contributed by atoms with Crippen LogP contribution in [-0.4, -0.2) is 26.0 Å². The van der Waals surface area contributed by atoms with E-state index in [0.717, 1.165) is 21.0 Å². The Morgan fingerprint density at radius 2 is 1.91 bits per heavy atom. The summed E-state index contributed by atoms with van der Waals surface area (Å²) in [5.74, 6) is -0.0354. The van der Waals surface area contributed by atoms with Gasteiger partial charge in [0.2, 0.25) is 5.90 Å². The van der Waals surface area contributed by atoms with E-state index in [1.165, 1.54) is 5.56 Å². The fourth-order valence-electron chi connectivity index (χ4n) is 2.20. The molecule has 1 aliphatic heterocycles. The third-order valence-corrected chi connectivity index (χ3v) is 4.91. The number of thiophene rings is 1. The summed E-state index contributed by atoms with van der Waals surface area (Å²) in [5.41, 5.74) is 3.51. The van der Waals surface area contributed by atoms with Gasteiger partial charge in [-0.05, 0) is 55.3 Å². The van der Waals surface area contributed by atoms with Crippen LogP contribution < -0.4 is 4.90 Å². The average molecular weight is 326 g/mol. The topological polar surface area (TPSA) is 41.9 Å². The number of cyclic esters (lactones) is 1. The van der Waals surface area contributed by atoms with Crippen molar-refractivity contribution in [2.24, 2.45) is 4.99 Å². The summed E-state index contributed by atoms with van der Waals surface area (Å²) in [6.07, 6.45) is 1.77. The number of nitrogens with zero attached hydrogens (tertiary/aromatic N) is 2. The Labute approximate surface area is 139 Å². The largest absolute Gasteiger partial charge is 0.402 e. The third kappa shape index (κ3) is 3.19. The first kappa shape index (κ1) is 15.5. The number of benzene rings is 1. The summed E-state index contributed by atoms with van der Waals surface area (Å²) in [6.45, 7) is 4.08. The van der Waals surface area contributed by atoms with Crippen LogP contribution in [0.15, 0.2) is 41.0 Å². The lowest BCUT2D eigenvalue weighted by Gasteiger charge is -2.06. The lowest BCUT2D eigenvalue weighted by molar-refractivity contribution is -0.129. The van der Waals surface area contributed by atoms with E-state index in [9.17, 15) is 4.79 Å². The maximum atomic E-state index is 12.0. The molecule has 5 heteroatoms. The van der Waals surface area contributed by atoms with E-state index in [-0.39, 0.29) is 0 Å². The highest BCUT2D eigenvalue weighted by molar-refractivity contribution is 7.16. The Balaban J connectivity index is 1.91. The predicted molar refractivity (Wildman–Crippen MR) is 95.2 cm³/mol. The molecule has 0 N–H and O–H groups in total. The molecule has 0 spiro atoms. The van der Waals surface area contributed by atoms with Gasteiger partial charge in [0.15, 0.2) is 5.70 Å². The zero-order chi connectivity index (χ0) is 16.6. The van der Waals surface area contributed by atoms with Crippen molar-refractivity contribution < 1.29 is 9.53 Å². The Morgan fingerprint density at radius 3 is 2.57 bits per heavy atom. The Morgan fingerprint density at radius 1 is 1.13 bits per heavy atom. The van der Waals surface area contributed by atoms with Crippen LogP contribution in [0, 0.1) is 13.8 Å². The van der Waals surface area contributed by atoms with Gasteiger partial charge in [0.1, 0.15) is 0 Å². The van der Waals surface area contributed by atoms with Crippen LogP contribution in [0.3, 0.4) is 0 Å². The molecule has 4 nitrogen and oxygen atoms in total. The van der Waals surface area contributed by atoms with E-state index in [2.05, 4.69) is 4.99 Å². The number of aliphatic imine (C=N–C) groups is 1. The number of carbonyl (C=O) groups excluding carboxylic acids is 1. The molecule has 0 unspecified atom stereocenters. The van der Waals surface area contributed by atoms with Gasteiger partial charge in [-0.3, -0.25) is 0 Å². The minimum absolute atomic E-state index is 0.338. The van der Waals surface area contributed by atoms with Crippen molar-refractivity contribution >= 4 is 34.3 Å². The molecular formula is C18H18N2O2S. The first-order valence-corrected chi connectivity index (χ1v) is 8.13. The molecular weight excluding hydrogens is 308 g/mol. The van der Waals surface area contributed by atoms with Gasteiger partial charge >= 0.3 is 5.97 Å². The van der Waals surface area contributed by atoms with E-state index >= 15 is 0 Å². The van der Waals surface area contributed by atoms with Crippen molar-refractivity contribution in [1.29, 1.82) is 0 Å². The van der Waals surface area contributed by atoms with Crippen LogP contribution in [-0.2, 0) is 9.53 Å². The van der Waals surface area contributed by atoms with E-state index < -0.39 is 5.97 Å². The molecule has 0 aliphatic carbocycles. The third-order valence-electron chi connectivity index (χ3n) is 3.71. The first-order valence-electron chi connectivity index (χ1n) is 7.31.